The Morgan fingerprint density at radius 3 is 2.76 bits per heavy atom. The number of anilines is 1. The molecule has 1 aromatic heterocycles. The first kappa shape index (κ1) is 13.4. The Balaban J connectivity index is 1.77. The minimum atomic E-state index is -0.0880. The second-order valence-electron chi connectivity index (χ2n) is 4.86. The first-order valence-electron chi connectivity index (χ1n) is 6.99. The van der Waals surface area contributed by atoms with Gasteiger partial charge in [0.05, 0.1) is 6.42 Å². The fraction of sp³-hybridized carbons (Fsp3) is 0.176. The largest absolute Gasteiger partial charge is 0.356 e. The maximum Gasteiger partial charge on any atom is 0.230 e. The Kier molecular flexibility index (Phi) is 3.69. The van der Waals surface area contributed by atoms with Crippen molar-refractivity contribution in [2.24, 2.45) is 0 Å². The molecule has 4 heteroatoms. The quantitative estimate of drug-likeness (QED) is 0.794. The molecule has 0 bridgehead atoms. The summed E-state index contributed by atoms with van der Waals surface area (Å²) in [5.41, 5.74) is 3.35. The van der Waals surface area contributed by atoms with E-state index in [-0.39, 0.29) is 12.3 Å². The predicted octanol–water partition coefficient (Wildman–Crippen LogP) is 3.57. The van der Waals surface area contributed by atoms with E-state index in [0.717, 1.165) is 23.1 Å². The molecule has 0 spiro atoms. The zero-order valence-electron chi connectivity index (χ0n) is 11.8. The van der Waals surface area contributed by atoms with E-state index in [1.54, 1.807) is 0 Å². The number of carbonyl (C=O) groups excluding carboxylic acids is 1. The number of benzene rings is 2. The third-order valence-electron chi connectivity index (χ3n) is 3.45. The topological polar surface area (TPSA) is 55.1 Å². The van der Waals surface area contributed by atoms with Crippen LogP contribution in [0.15, 0.2) is 53.1 Å². The van der Waals surface area contributed by atoms with Crippen LogP contribution in [0.3, 0.4) is 0 Å². The highest BCUT2D eigenvalue weighted by Crippen LogP contribution is 2.19. The summed E-state index contributed by atoms with van der Waals surface area (Å²) in [5.74, 6) is -0.0880. The molecule has 1 heterocycles. The Hall–Kier alpha value is -2.62. The van der Waals surface area contributed by atoms with Gasteiger partial charge in [-0.25, -0.2) is 0 Å². The maximum absolute atomic E-state index is 12.2. The first-order valence-corrected chi connectivity index (χ1v) is 6.99. The van der Waals surface area contributed by atoms with Crippen LogP contribution < -0.4 is 5.32 Å². The van der Waals surface area contributed by atoms with E-state index in [9.17, 15) is 4.79 Å². The molecule has 4 nitrogen and oxygen atoms in total. The normalized spacial score (nSPS) is 10.7. The molecule has 2 aromatic carbocycles. The molecular weight excluding hydrogens is 264 g/mol. The lowest BCUT2D eigenvalue weighted by atomic mass is 10.1. The number of aromatic nitrogens is 1. The van der Waals surface area contributed by atoms with Gasteiger partial charge in [0.2, 0.25) is 5.91 Å². The lowest BCUT2D eigenvalue weighted by Crippen LogP contribution is -2.15. The lowest BCUT2D eigenvalue weighted by molar-refractivity contribution is -0.115. The van der Waals surface area contributed by atoms with Gasteiger partial charge >= 0.3 is 0 Å². The average Bonchev–Trinajstić information content (AvgIpc) is 2.91. The van der Waals surface area contributed by atoms with E-state index < -0.39 is 0 Å². The Morgan fingerprint density at radius 1 is 1.14 bits per heavy atom. The number of nitrogens with zero attached hydrogens (tertiary/aromatic N) is 1. The highest BCUT2D eigenvalue weighted by Gasteiger charge is 2.12. The van der Waals surface area contributed by atoms with Crippen molar-refractivity contribution < 1.29 is 9.32 Å². The minimum absolute atomic E-state index is 0.0880. The van der Waals surface area contributed by atoms with E-state index in [2.05, 4.69) is 17.4 Å². The number of carbonyl (C=O) groups is 1. The number of para-hydroxylation sites is 2. The van der Waals surface area contributed by atoms with Gasteiger partial charge < -0.3 is 9.84 Å². The van der Waals surface area contributed by atoms with E-state index in [4.69, 9.17) is 4.52 Å². The van der Waals surface area contributed by atoms with Crippen molar-refractivity contribution in [1.29, 1.82) is 0 Å². The number of nitrogens with one attached hydrogen (secondary N) is 1. The van der Waals surface area contributed by atoms with Gasteiger partial charge in [-0.2, -0.15) is 0 Å². The van der Waals surface area contributed by atoms with Crippen molar-refractivity contribution in [2.45, 2.75) is 19.8 Å². The van der Waals surface area contributed by atoms with Crippen LogP contribution in [0.4, 0.5) is 5.69 Å². The molecule has 0 saturated heterocycles. The molecule has 0 aliphatic rings. The van der Waals surface area contributed by atoms with Gasteiger partial charge in [-0.3, -0.25) is 4.79 Å². The van der Waals surface area contributed by atoms with Gasteiger partial charge in [0.15, 0.2) is 5.58 Å². The molecule has 1 amide bonds. The molecule has 3 aromatic rings. The van der Waals surface area contributed by atoms with Crippen molar-refractivity contribution in [2.75, 3.05) is 5.32 Å². The fourth-order valence-electron chi connectivity index (χ4n) is 2.36. The predicted molar refractivity (Wildman–Crippen MR) is 82.2 cm³/mol. The lowest BCUT2D eigenvalue weighted by Gasteiger charge is -2.08. The van der Waals surface area contributed by atoms with Crippen LogP contribution >= 0.6 is 0 Å². The third-order valence-corrected chi connectivity index (χ3v) is 3.45. The van der Waals surface area contributed by atoms with Crippen LogP contribution in [0.1, 0.15) is 18.2 Å². The summed E-state index contributed by atoms with van der Waals surface area (Å²) in [6.45, 7) is 2.07. The van der Waals surface area contributed by atoms with Crippen molar-refractivity contribution in [3.63, 3.8) is 0 Å². The van der Waals surface area contributed by atoms with Gasteiger partial charge in [-0.05, 0) is 30.2 Å². The van der Waals surface area contributed by atoms with Crippen LogP contribution in [-0.2, 0) is 17.6 Å². The van der Waals surface area contributed by atoms with E-state index in [1.165, 1.54) is 0 Å². The van der Waals surface area contributed by atoms with Crippen LogP contribution in [0.2, 0.25) is 0 Å². The van der Waals surface area contributed by atoms with Crippen LogP contribution in [-0.4, -0.2) is 11.1 Å². The number of hydrogen-bond donors (Lipinski definition) is 1. The molecule has 106 valence electrons. The van der Waals surface area contributed by atoms with Crippen molar-refractivity contribution >= 4 is 22.6 Å². The summed E-state index contributed by atoms with van der Waals surface area (Å²) in [7, 11) is 0. The molecule has 1 N–H and O–H groups in total. The Labute approximate surface area is 122 Å². The summed E-state index contributed by atoms with van der Waals surface area (Å²) in [6.07, 6.45) is 1.08. The second-order valence-corrected chi connectivity index (χ2v) is 4.86. The molecular formula is C17H16N2O2. The van der Waals surface area contributed by atoms with Crippen molar-refractivity contribution in [3.8, 4) is 0 Å². The van der Waals surface area contributed by atoms with E-state index in [1.807, 2.05) is 48.5 Å². The summed E-state index contributed by atoms with van der Waals surface area (Å²) < 4.78 is 5.22. The average molecular weight is 280 g/mol. The van der Waals surface area contributed by atoms with Gasteiger partial charge in [0, 0.05) is 11.1 Å². The van der Waals surface area contributed by atoms with Crippen molar-refractivity contribution in [1.82, 2.24) is 5.16 Å². The molecule has 3 rings (SSSR count). The molecule has 0 fully saturated rings. The Bertz CT molecular complexity index is 777. The minimum Gasteiger partial charge on any atom is -0.356 e. The third kappa shape index (κ3) is 2.79. The molecule has 0 aliphatic carbocycles. The highest BCUT2D eigenvalue weighted by molar-refractivity contribution is 5.95. The summed E-state index contributed by atoms with van der Waals surface area (Å²) in [5, 5.41) is 7.81. The van der Waals surface area contributed by atoms with Crippen LogP contribution in [0.25, 0.3) is 11.0 Å². The Morgan fingerprint density at radius 2 is 1.90 bits per heavy atom. The summed E-state index contributed by atoms with van der Waals surface area (Å²) in [4.78, 5) is 12.2. The number of fused-ring (bicyclic) bond motifs is 1. The molecule has 0 saturated carbocycles. The fourth-order valence-corrected chi connectivity index (χ4v) is 2.36. The standard InChI is InChI=1S/C17H16N2O2/c1-2-12-7-3-5-9-14(12)18-17(20)11-15-13-8-4-6-10-16(13)21-19-15/h3-10H,2,11H2,1H3,(H,18,20). The highest BCUT2D eigenvalue weighted by atomic mass is 16.5. The number of amides is 1. The maximum atomic E-state index is 12.2. The molecule has 0 radical (unpaired) electrons. The van der Waals surface area contributed by atoms with Crippen molar-refractivity contribution in [3.05, 3.63) is 59.8 Å². The monoisotopic (exact) mass is 280 g/mol. The van der Waals surface area contributed by atoms with Crippen LogP contribution in [0.5, 0.6) is 0 Å². The SMILES string of the molecule is CCc1ccccc1NC(=O)Cc1noc2ccccc12. The summed E-state index contributed by atoms with van der Waals surface area (Å²) >= 11 is 0. The van der Waals surface area contributed by atoms with Gasteiger partial charge in [0.25, 0.3) is 0 Å². The smallest absolute Gasteiger partial charge is 0.230 e. The van der Waals surface area contributed by atoms with Crippen LogP contribution in [0, 0.1) is 0 Å². The summed E-state index contributed by atoms with van der Waals surface area (Å²) in [6, 6.07) is 15.4. The molecule has 0 atom stereocenters. The van der Waals surface area contributed by atoms with Gasteiger partial charge in [-0.15, -0.1) is 0 Å². The zero-order chi connectivity index (χ0) is 14.7. The van der Waals surface area contributed by atoms with E-state index in [0.29, 0.717) is 11.3 Å². The van der Waals surface area contributed by atoms with Gasteiger partial charge in [-0.1, -0.05) is 42.4 Å². The van der Waals surface area contributed by atoms with E-state index >= 15 is 0 Å². The second kappa shape index (κ2) is 5.79. The number of rotatable bonds is 4. The molecule has 0 aliphatic heterocycles. The number of aryl methyl sites for hydroxylation is 1. The number of hydrogen-bond acceptors (Lipinski definition) is 3. The molecule has 21 heavy (non-hydrogen) atoms. The zero-order valence-corrected chi connectivity index (χ0v) is 11.8. The first-order chi connectivity index (χ1) is 10.3. The van der Waals surface area contributed by atoms with Gasteiger partial charge in [0.1, 0.15) is 5.69 Å². The molecule has 0 unspecified atom stereocenters.